The highest BCUT2D eigenvalue weighted by Crippen LogP contribution is 2.12. The van der Waals surface area contributed by atoms with Gasteiger partial charge in [-0.1, -0.05) is 19.1 Å². The average Bonchev–Trinajstić information content (AvgIpc) is 2.58. The van der Waals surface area contributed by atoms with Crippen LogP contribution in [0, 0.1) is 0 Å². The Balaban J connectivity index is 0.00000625. The zero-order chi connectivity index (χ0) is 18.7. The number of benzene rings is 1. The molecular formula is C19H33IN4O2. The van der Waals surface area contributed by atoms with Crippen LogP contribution in [0.5, 0.6) is 0 Å². The molecule has 0 aliphatic rings. The molecule has 26 heavy (non-hydrogen) atoms. The number of nitrogens with one attached hydrogen (secondary N) is 3. The summed E-state index contributed by atoms with van der Waals surface area (Å²) in [4.78, 5) is 16.3. The van der Waals surface area contributed by atoms with Gasteiger partial charge in [0.2, 0.25) is 5.91 Å². The molecule has 7 heteroatoms. The van der Waals surface area contributed by atoms with Gasteiger partial charge in [-0.25, -0.2) is 4.99 Å². The highest BCUT2D eigenvalue weighted by Gasteiger charge is 2.16. The van der Waals surface area contributed by atoms with Gasteiger partial charge in [0.05, 0.1) is 12.1 Å². The first-order chi connectivity index (χ1) is 11.9. The number of hydrogen-bond donors (Lipinski definition) is 3. The number of carbonyl (C=O) groups is 1. The third-order valence-corrected chi connectivity index (χ3v) is 3.69. The van der Waals surface area contributed by atoms with E-state index in [1.165, 1.54) is 0 Å². The van der Waals surface area contributed by atoms with Crippen LogP contribution in [0.3, 0.4) is 0 Å². The van der Waals surface area contributed by atoms with Crippen LogP contribution in [0.4, 0.5) is 5.69 Å². The number of anilines is 1. The number of rotatable bonds is 9. The molecule has 1 rings (SSSR count). The van der Waals surface area contributed by atoms with E-state index >= 15 is 0 Å². The Morgan fingerprint density at radius 3 is 2.58 bits per heavy atom. The van der Waals surface area contributed by atoms with Gasteiger partial charge in [-0.3, -0.25) is 4.79 Å². The predicted molar refractivity (Wildman–Crippen MR) is 119 cm³/mol. The molecule has 0 aromatic heterocycles. The Labute approximate surface area is 174 Å². The fourth-order valence-corrected chi connectivity index (χ4v) is 2.08. The third-order valence-electron chi connectivity index (χ3n) is 3.69. The van der Waals surface area contributed by atoms with Gasteiger partial charge in [-0.2, -0.15) is 0 Å². The first kappa shape index (κ1) is 24.7. The van der Waals surface area contributed by atoms with Crippen molar-refractivity contribution in [1.29, 1.82) is 0 Å². The number of amides is 1. The molecule has 0 fully saturated rings. The molecule has 0 atom stereocenters. The average molecular weight is 476 g/mol. The molecular weight excluding hydrogens is 443 g/mol. The molecule has 6 nitrogen and oxygen atoms in total. The van der Waals surface area contributed by atoms with Crippen molar-refractivity contribution < 1.29 is 9.53 Å². The lowest BCUT2D eigenvalue weighted by Crippen LogP contribution is -2.45. The summed E-state index contributed by atoms with van der Waals surface area (Å²) in [5, 5.41) is 9.43. The summed E-state index contributed by atoms with van der Waals surface area (Å²) >= 11 is 0. The third kappa shape index (κ3) is 9.96. The van der Waals surface area contributed by atoms with Gasteiger partial charge in [-0.05, 0) is 44.9 Å². The molecule has 0 saturated heterocycles. The number of carbonyl (C=O) groups excluding carboxylic acids is 1. The Bertz CT molecular complexity index is 576. The summed E-state index contributed by atoms with van der Waals surface area (Å²) in [6.07, 6.45) is 1.37. The van der Waals surface area contributed by atoms with Crippen LogP contribution in [0.15, 0.2) is 29.3 Å². The van der Waals surface area contributed by atoms with E-state index in [0.29, 0.717) is 19.5 Å². The molecule has 0 aliphatic heterocycles. The van der Waals surface area contributed by atoms with Crippen LogP contribution in [-0.2, 0) is 16.1 Å². The number of nitrogens with zero attached hydrogens (tertiary/aromatic N) is 1. The van der Waals surface area contributed by atoms with E-state index < -0.39 is 0 Å². The number of halogens is 1. The van der Waals surface area contributed by atoms with Gasteiger partial charge in [-0.15, -0.1) is 24.0 Å². The molecule has 1 aromatic rings. The lowest BCUT2D eigenvalue weighted by molar-refractivity contribution is -0.116. The van der Waals surface area contributed by atoms with E-state index in [-0.39, 0.29) is 35.5 Å². The maximum absolute atomic E-state index is 11.7. The van der Waals surface area contributed by atoms with Crippen molar-refractivity contribution in [3.05, 3.63) is 29.8 Å². The lowest BCUT2D eigenvalue weighted by atomic mass is 10.1. The van der Waals surface area contributed by atoms with Crippen molar-refractivity contribution in [2.75, 3.05) is 25.5 Å². The number of ether oxygens (including phenoxy) is 1. The van der Waals surface area contributed by atoms with Gasteiger partial charge in [0.25, 0.3) is 0 Å². The van der Waals surface area contributed by atoms with Crippen LogP contribution >= 0.6 is 24.0 Å². The minimum Gasteiger partial charge on any atom is -0.377 e. The maximum atomic E-state index is 11.7. The maximum Gasteiger partial charge on any atom is 0.224 e. The summed E-state index contributed by atoms with van der Waals surface area (Å²) in [6, 6.07) is 7.79. The van der Waals surface area contributed by atoms with Crippen molar-refractivity contribution in [2.24, 2.45) is 4.99 Å². The van der Waals surface area contributed by atoms with Gasteiger partial charge < -0.3 is 20.7 Å². The van der Waals surface area contributed by atoms with Crippen LogP contribution < -0.4 is 16.0 Å². The van der Waals surface area contributed by atoms with Gasteiger partial charge in [0.1, 0.15) is 0 Å². The van der Waals surface area contributed by atoms with Crippen LogP contribution in [0.1, 0.15) is 46.1 Å². The van der Waals surface area contributed by atoms with Gasteiger partial charge in [0, 0.05) is 32.3 Å². The highest BCUT2D eigenvalue weighted by atomic mass is 127. The molecule has 1 aromatic carbocycles. The summed E-state index contributed by atoms with van der Waals surface area (Å²) in [5.41, 5.74) is 1.58. The first-order valence-electron chi connectivity index (χ1n) is 8.86. The largest absolute Gasteiger partial charge is 0.377 e. The molecule has 0 heterocycles. The van der Waals surface area contributed by atoms with E-state index in [1.54, 1.807) is 7.11 Å². The number of aliphatic imine (C=N–C) groups is 1. The number of methoxy groups -OCH3 is 1. The fraction of sp³-hybridized carbons (Fsp3) is 0.579. The molecule has 0 unspecified atom stereocenters. The van der Waals surface area contributed by atoms with Crippen molar-refractivity contribution in [1.82, 2.24) is 10.6 Å². The van der Waals surface area contributed by atoms with Gasteiger partial charge >= 0.3 is 0 Å². The predicted octanol–water partition coefficient (Wildman–Crippen LogP) is 3.52. The standard InChI is InChI=1S/C19H32N4O2.HI/c1-6-9-17(24)23-16-11-8-10-15(12-16)13-21-18(20-7-2)22-14-19(3,4)25-5;/h8,10-12H,6-7,9,13-14H2,1-5H3,(H,23,24)(H2,20,21,22);1H. The quantitative estimate of drug-likeness (QED) is 0.290. The van der Waals surface area contributed by atoms with E-state index in [9.17, 15) is 4.79 Å². The summed E-state index contributed by atoms with van der Waals surface area (Å²) in [5.74, 6) is 0.785. The van der Waals surface area contributed by atoms with E-state index in [1.807, 2.05) is 52.0 Å². The second-order valence-electron chi connectivity index (χ2n) is 6.51. The minimum atomic E-state index is -0.264. The Hall–Kier alpha value is -1.35. The topological polar surface area (TPSA) is 74.8 Å². The van der Waals surface area contributed by atoms with Crippen molar-refractivity contribution >= 4 is 41.5 Å². The van der Waals surface area contributed by atoms with Crippen LogP contribution in [-0.4, -0.2) is 37.7 Å². The van der Waals surface area contributed by atoms with E-state index in [2.05, 4.69) is 20.9 Å². The molecule has 0 saturated carbocycles. The minimum absolute atomic E-state index is 0. The number of guanidine groups is 1. The number of hydrogen-bond acceptors (Lipinski definition) is 3. The fourth-order valence-electron chi connectivity index (χ4n) is 2.08. The van der Waals surface area contributed by atoms with E-state index in [0.717, 1.165) is 30.2 Å². The van der Waals surface area contributed by atoms with Crippen molar-refractivity contribution in [3.63, 3.8) is 0 Å². The zero-order valence-electron chi connectivity index (χ0n) is 16.5. The van der Waals surface area contributed by atoms with Crippen LogP contribution in [0.25, 0.3) is 0 Å². The smallest absolute Gasteiger partial charge is 0.224 e. The summed E-state index contributed by atoms with van der Waals surface area (Å²) in [6.45, 7) is 10.0. The normalized spacial score (nSPS) is 11.5. The Morgan fingerprint density at radius 2 is 1.96 bits per heavy atom. The molecule has 0 bridgehead atoms. The molecule has 3 N–H and O–H groups in total. The molecule has 0 radical (unpaired) electrons. The summed E-state index contributed by atoms with van der Waals surface area (Å²) in [7, 11) is 1.70. The SMILES string of the molecule is CCCC(=O)Nc1cccc(CN=C(NCC)NCC(C)(C)OC)c1.I. The molecule has 148 valence electrons. The van der Waals surface area contributed by atoms with Gasteiger partial charge in [0.15, 0.2) is 5.96 Å². The molecule has 0 aliphatic carbocycles. The zero-order valence-corrected chi connectivity index (χ0v) is 18.8. The second kappa shape index (κ2) is 12.9. The molecule has 0 spiro atoms. The first-order valence-corrected chi connectivity index (χ1v) is 8.86. The second-order valence-corrected chi connectivity index (χ2v) is 6.51. The highest BCUT2D eigenvalue weighted by molar-refractivity contribution is 14.0. The van der Waals surface area contributed by atoms with E-state index in [4.69, 9.17) is 4.74 Å². The lowest BCUT2D eigenvalue weighted by Gasteiger charge is -2.24. The van der Waals surface area contributed by atoms with Crippen LogP contribution in [0.2, 0.25) is 0 Å². The molecule has 1 amide bonds. The Kier molecular flexibility index (Phi) is 12.2. The van der Waals surface area contributed by atoms with Crippen molar-refractivity contribution in [3.8, 4) is 0 Å². The van der Waals surface area contributed by atoms with Crippen molar-refractivity contribution in [2.45, 2.75) is 52.7 Å². The monoisotopic (exact) mass is 476 g/mol. The Morgan fingerprint density at radius 1 is 1.23 bits per heavy atom. The summed E-state index contributed by atoms with van der Waals surface area (Å²) < 4.78 is 5.42.